The lowest BCUT2D eigenvalue weighted by Crippen LogP contribution is -2.21. The summed E-state index contributed by atoms with van der Waals surface area (Å²) in [5.74, 6) is 0. The Morgan fingerprint density at radius 2 is 1.82 bits per heavy atom. The molecular weight excluding hydrogens is 278 g/mol. The van der Waals surface area contributed by atoms with Crippen LogP contribution in [0.5, 0.6) is 0 Å². The van der Waals surface area contributed by atoms with Crippen molar-refractivity contribution in [2.75, 3.05) is 13.2 Å². The van der Waals surface area contributed by atoms with E-state index in [1.54, 1.807) is 0 Å². The predicted molar refractivity (Wildman–Crippen MR) is 76.3 cm³/mol. The van der Waals surface area contributed by atoms with E-state index >= 15 is 0 Å². The highest BCUT2D eigenvalue weighted by atomic mass is 79.9. The zero-order valence-electron chi connectivity index (χ0n) is 10.9. The minimum absolute atomic E-state index is 0.332. The van der Waals surface area contributed by atoms with E-state index in [0.717, 1.165) is 24.0 Å². The Labute approximate surface area is 113 Å². The molecule has 0 bridgehead atoms. The fourth-order valence-corrected chi connectivity index (χ4v) is 1.84. The number of rotatable bonds is 7. The predicted octanol–water partition coefficient (Wildman–Crippen LogP) is 3.91. The van der Waals surface area contributed by atoms with Crippen molar-refractivity contribution in [1.29, 1.82) is 0 Å². The van der Waals surface area contributed by atoms with Crippen molar-refractivity contribution in [3.63, 3.8) is 0 Å². The van der Waals surface area contributed by atoms with Gasteiger partial charge in [-0.1, -0.05) is 28.1 Å². The molecule has 0 radical (unpaired) electrons. The molecule has 0 aliphatic carbocycles. The van der Waals surface area contributed by atoms with Crippen LogP contribution < -0.4 is 5.32 Å². The fraction of sp³-hybridized carbons (Fsp3) is 0.571. The highest BCUT2D eigenvalue weighted by molar-refractivity contribution is 9.10. The summed E-state index contributed by atoms with van der Waals surface area (Å²) in [6, 6.07) is 8.84. The van der Waals surface area contributed by atoms with Crippen LogP contribution in [0.4, 0.5) is 0 Å². The van der Waals surface area contributed by atoms with Crippen molar-refractivity contribution in [3.8, 4) is 0 Å². The number of hydrogen-bond acceptors (Lipinski definition) is 2. The third kappa shape index (κ3) is 6.20. The lowest BCUT2D eigenvalue weighted by atomic mass is 10.1. The zero-order valence-corrected chi connectivity index (χ0v) is 12.5. The fourth-order valence-electron chi connectivity index (χ4n) is 1.58. The molecule has 2 nitrogen and oxygen atoms in total. The van der Waals surface area contributed by atoms with Crippen LogP contribution >= 0.6 is 15.9 Å². The monoisotopic (exact) mass is 299 g/mol. The van der Waals surface area contributed by atoms with E-state index in [4.69, 9.17) is 4.74 Å². The minimum Gasteiger partial charge on any atom is -0.379 e. The van der Waals surface area contributed by atoms with Crippen molar-refractivity contribution >= 4 is 15.9 Å². The van der Waals surface area contributed by atoms with Crippen LogP contribution in [0.15, 0.2) is 28.7 Å². The normalized spacial score (nSPS) is 13.0. The molecule has 0 amide bonds. The number of benzene rings is 1. The SMILES string of the molecule is CC(C)OCCCNC(C)c1ccc(Br)cc1. The molecule has 1 unspecified atom stereocenters. The molecule has 0 saturated carbocycles. The van der Waals surface area contributed by atoms with E-state index in [-0.39, 0.29) is 0 Å². The third-order valence-electron chi connectivity index (χ3n) is 2.59. The molecular formula is C14H22BrNO. The quantitative estimate of drug-likeness (QED) is 0.771. The Hall–Kier alpha value is -0.380. The number of nitrogens with one attached hydrogen (secondary N) is 1. The van der Waals surface area contributed by atoms with Crippen LogP contribution in [0.25, 0.3) is 0 Å². The first-order valence-electron chi connectivity index (χ1n) is 6.20. The summed E-state index contributed by atoms with van der Waals surface area (Å²) in [5.41, 5.74) is 1.32. The largest absolute Gasteiger partial charge is 0.379 e. The van der Waals surface area contributed by atoms with Crippen molar-refractivity contribution in [1.82, 2.24) is 5.32 Å². The Morgan fingerprint density at radius 3 is 2.41 bits per heavy atom. The zero-order chi connectivity index (χ0) is 12.7. The Morgan fingerprint density at radius 1 is 1.18 bits per heavy atom. The van der Waals surface area contributed by atoms with Gasteiger partial charge in [0.2, 0.25) is 0 Å². The van der Waals surface area contributed by atoms with Crippen LogP contribution in [-0.4, -0.2) is 19.3 Å². The first kappa shape index (κ1) is 14.7. The molecule has 96 valence electrons. The van der Waals surface area contributed by atoms with Crippen LogP contribution in [-0.2, 0) is 4.74 Å². The molecule has 17 heavy (non-hydrogen) atoms. The van der Waals surface area contributed by atoms with Crippen molar-refractivity contribution in [2.24, 2.45) is 0 Å². The highest BCUT2D eigenvalue weighted by Gasteiger charge is 2.03. The molecule has 1 rings (SSSR count). The van der Waals surface area contributed by atoms with Crippen LogP contribution in [0, 0.1) is 0 Å². The van der Waals surface area contributed by atoms with Crippen LogP contribution in [0.1, 0.15) is 38.8 Å². The molecule has 0 saturated heterocycles. The van der Waals surface area contributed by atoms with E-state index in [9.17, 15) is 0 Å². The van der Waals surface area contributed by atoms with Crippen molar-refractivity contribution < 1.29 is 4.74 Å². The summed E-state index contributed by atoms with van der Waals surface area (Å²) in [6.07, 6.45) is 1.39. The third-order valence-corrected chi connectivity index (χ3v) is 3.12. The molecule has 0 fully saturated rings. The summed E-state index contributed by atoms with van der Waals surface area (Å²) in [5, 5.41) is 3.50. The van der Waals surface area contributed by atoms with Crippen LogP contribution in [0.3, 0.4) is 0 Å². The average Bonchev–Trinajstić information content (AvgIpc) is 2.29. The van der Waals surface area contributed by atoms with Gasteiger partial charge in [0, 0.05) is 17.1 Å². The molecule has 0 spiro atoms. The van der Waals surface area contributed by atoms with Gasteiger partial charge in [-0.3, -0.25) is 0 Å². The molecule has 0 heterocycles. The molecule has 0 aliphatic heterocycles. The molecule has 1 atom stereocenters. The lowest BCUT2D eigenvalue weighted by molar-refractivity contribution is 0.0768. The maximum atomic E-state index is 5.50. The van der Waals surface area contributed by atoms with E-state index < -0.39 is 0 Å². The van der Waals surface area contributed by atoms with Gasteiger partial charge in [0.05, 0.1) is 6.10 Å². The van der Waals surface area contributed by atoms with Gasteiger partial charge in [0.1, 0.15) is 0 Å². The summed E-state index contributed by atoms with van der Waals surface area (Å²) in [4.78, 5) is 0. The Bertz CT molecular complexity index is 311. The number of ether oxygens (including phenoxy) is 1. The second-order valence-electron chi connectivity index (χ2n) is 4.50. The topological polar surface area (TPSA) is 21.3 Å². The maximum Gasteiger partial charge on any atom is 0.0518 e. The lowest BCUT2D eigenvalue weighted by Gasteiger charge is -2.14. The number of halogens is 1. The van der Waals surface area contributed by atoms with Gasteiger partial charge < -0.3 is 10.1 Å². The Balaban J connectivity index is 2.21. The van der Waals surface area contributed by atoms with Crippen LogP contribution in [0.2, 0.25) is 0 Å². The minimum atomic E-state index is 0.332. The Kier molecular flexibility index (Phi) is 6.78. The standard InChI is InChI=1S/C14H22BrNO/c1-11(2)17-10-4-9-16-12(3)13-5-7-14(15)8-6-13/h5-8,11-12,16H,4,9-10H2,1-3H3. The molecule has 0 aliphatic rings. The average molecular weight is 300 g/mol. The van der Waals surface area contributed by atoms with Gasteiger partial charge in [-0.15, -0.1) is 0 Å². The highest BCUT2D eigenvalue weighted by Crippen LogP contribution is 2.16. The van der Waals surface area contributed by atoms with Gasteiger partial charge in [-0.05, 0) is 51.4 Å². The van der Waals surface area contributed by atoms with Gasteiger partial charge in [-0.25, -0.2) is 0 Å². The first-order valence-corrected chi connectivity index (χ1v) is 6.99. The molecule has 3 heteroatoms. The summed E-state index contributed by atoms with van der Waals surface area (Å²) in [6.45, 7) is 8.14. The van der Waals surface area contributed by atoms with E-state index in [1.165, 1.54) is 5.56 Å². The molecule has 1 aromatic rings. The van der Waals surface area contributed by atoms with Gasteiger partial charge in [0.15, 0.2) is 0 Å². The molecule has 0 aromatic heterocycles. The van der Waals surface area contributed by atoms with E-state index in [2.05, 4.69) is 66.3 Å². The van der Waals surface area contributed by atoms with E-state index in [1.807, 2.05) is 0 Å². The maximum absolute atomic E-state index is 5.50. The molecule has 1 aromatic carbocycles. The summed E-state index contributed by atoms with van der Waals surface area (Å²) >= 11 is 3.44. The van der Waals surface area contributed by atoms with E-state index in [0.29, 0.717) is 12.1 Å². The summed E-state index contributed by atoms with van der Waals surface area (Å²) in [7, 11) is 0. The van der Waals surface area contributed by atoms with Crippen molar-refractivity contribution in [3.05, 3.63) is 34.3 Å². The second-order valence-corrected chi connectivity index (χ2v) is 5.42. The first-order chi connectivity index (χ1) is 8.09. The van der Waals surface area contributed by atoms with Gasteiger partial charge in [-0.2, -0.15) is 0 Å². The number of hydrogen-bond donors (Lipinski definition) is 1. The molecule has 1 N–H and O–H groups in total. The van der Waals surface area contributed by atoms with Gasteiger partial charge >= 0.3 is 0 Å². The second kappa shape index (κ2) is 7.85. The van der Waals surface area contributed by atoms with Gasteiger partial charge in [0.25, 0.3) is 0 Å². The smallest absolute Gasteiger partial charge is 0.0518 e. The van der Waals surface area contributed by atoms with Crippen molar-refractivity contribution in [2.45, 2.75) is 39.3 Å². The summed E-state index contributed by atoms with van der Waals surface area (Å²) < 4.78 is 6.62.